The molecule has 0 bridgehead atoms. The van der Waals surface area contributed by atoms with E-state index in [0.29, 0.717) is 6.29 Å². The standard InChI is InChI=1S/C4H7NO4/c1-9-4(3-6)2-5(7)8/h3-4H,2H2,1H3. The highest BCUT2D eigenvalue weighted by Crippen LogP contribution is 1.83. The minimum atomic E-state index is -0.903. The first-order valence-electron chi connectivity index (χ1n) is 2.30. The highest BCUT2D eigenvalue weighted by molar-refractivity contribution is 5.55. The minimum Gasteiger partial charge on any atom is -0.367 e. The second-order valence-corrected chi connectivity index (χ2v) is 1.43. The van der Waals surface area contributed by atoms with Crippen LogP contribution in [0.4, 0.5) is 0 Å². The fourth-order valence-corrected chi connectivity index (χ4v) is 0.320. The van der Waals surface area contributed by atoms with Crippen molar-refractivity contribution >= 4 is 6.29 Å². The Morgan fingerprint density at radius 2 is 2.44 bits per heavy atom. The molecule has 0 aliphatic heterocycles. The Bertz CT molecular complexity index is 113. The van der Waals surface area contributed by atoms with Gasteiger partial charge in [-0.05, 0) is 0 Å². The summed E-state index contributed by atoms with van der Waals surface area (Å²) in [5.41, 5.74) is 0. The second-order valence-electron chi connectivity index (χ2n) is 1.43. The Hall–Kier alpha value is -0.970. The fourth-order valence-electron chi connectivity index (χ4n) is 0.320. The molecule has 1 atom stereocenters. The Kier molecular flexibility index (Phi) is 3.54. The summed E-state index contributed by atoms with van der Waals surface area (Å²) in [7, 11) is 1.25. The molecule has 0 aromatic rings. The molecular formula is C4H7NO4. The van der Waals surface area contributed by atoms with Crippen molar-refractivity contribution in [3.8, 4) is 0 Å². The average Bonchev–Trinajstić information content (AvgIpc) is 1.82. The molecule has 0 rings (SSSR count). The smallest absolute Gasteiger partial charge is 0.236 e. The van der Waals surface area contributed by atoms with Gasteiger partial charge in [-0.25, -0.2) is 0 Å². The van der Waals surface area contributed by atoms with Crippen molar-refractivity contribution in [3.63, 3.8) is 0 Å². The lowest BCUT2D eigenvalue weighted by atomic mass is 10.4. The van der Waals surface area contributed by atoms with Crippen molar-refractivity contribution in [3.05, 3.63) is 10.1 Å². The highest BCUT2D eigenvalue weighted by atomic mass is 16.6. The summed E-state index contributed by atoms with van der Waals surface area (Å²) in [5.74, 6) is 0. The Balaban J connectivity index is 3.55. The molecule has 0 heterocycles. The predicted octanol–water partition coefficient (Wildman–Crippen LogP) is -0.523. The van der Waals surface area contributed by atoms with Crippen LogP contribution in [0.15, 0.2) is 0 Å². The van der Waals surface area contributed by atoms with Gasteiger partial charge in [0.25, 0.3) is 0 Å². The number of rotatable bonds is 4. The molecule has 0 saturated heterocycles. The van der Waals surface area contributed by atoms with E-state index >= 15 is 0 Å². The quantitative estimate of drug-likeness (QED) is 0.294. The first-order chi connectivity index (χ1) is 4.20. The zero-order valence-corrected chi connectivity index (χ0v) is 4.94. The first kappa shape index (κ1) is 8.03. The van der Waals surface area contributed by atoms with Gasteiger partial charge in [0.05, 0.1) is 0 Å². The monoisotopic (exact) mass is 133 g/mol. The summed E-state index contributed by atoms with van der Waals surface area (Å²) in [6.45, 7) is -0.458. The van der Waals surface area contributed by atoms with Crippen LogP contribution in [0.25, 0.3) is 0 Å². The van der Waals surface area contributed by atoms with E-state index in [1.165, 1.54) is 7.11 Å². The van der Waals surface area contributed by atoms with Gasteiger partial charge in [-0.3, -0.25) is 10.1 Å². The van der Waals surface area contributed by atoms with Crippen molar-refractivity contribution in [2.24, 2.45) is 0 Å². The van der Waals surface area contributed by atoms with Crippen LogP contribution in [0.3, 0.4) is 0 Å². The zero-order chi connectivity index (χ0) is 7.28. The lowest BCUT2D eigenvalue weighted by Gasteiger charge is -1.99. The summed E-state index contributed by atoms with van der Waals surface area (Å²) < 4.78 is 4.40. The molecule has 0 radical (unpaired) electrons. The Labute approximate surface area is 51.8 Å². The number of methoxy groups -OCH3 is 1. The molecule has 0 N–H and O–H groups in total. The summed E-state index contributed by atoms with van der Waals surface area (Å²) in [6.07, 6.45) is -0.497. The maximum absolute atomic E-state index is 9.84. The van der Waals surface area contributed by atoms with E-state index in [1.54, 1.807) is 0 Å². The normalized spacial score (nSPS) is 12.6. The molecule has 0 saturated carbocycles. The molecule has 0 aliphatic rings. The maximum Gasteiger partial charge on any atom is 0.236 e. The van der Waals surface area contributed by atoms with Crippen LogP contribution >= 0.6 is 0 Å². The average molecular weight is 133 g/mol. The third-order valence-corrected chi connectivity index (χ3v) is 0.784. The summed E-state index contributed by atoms with van der Waals surface area (Å²) >= 11 is 0. The summed E-state index contributed by atoms with van der Waals surface area (Å²) in [5, 5.41) is 9.69. The minimum absolute atomic E-state index is 0.406. The molecule has 0 spiro atoms. The van der Waals surface area contributed by atoms with Gasteiger partial charge in [0, 0.05) is 12.0 Å². The van der Waals surface area contributed by atoms with Crippen molar-refractivity contribution < 1.29 is 14.5 Å². The SMILES string of the molecule is COC(C=O)C[N+](=O)[O-]. The molecule has 0 aromatic heterocycles. The molecule has 52 valence electrons. The lowest BCUT2D eigenvalue weighted by Crippen LogP contribution is -2.22. The number of ether oxygens (including phenoxy) is 1. The van der Waals surface area contributed by atoms with Crippen LogP contribution in [-0.2, 0) is 9.53 Å². The van der Waals surface area contributed by atoms with Gasteiger partial charge in [0.2, 0.25) is 6.54 Å². The second kappa shape index (κ2) is 3.96. The van der Waals surface area contributed by atoms with Crippen LogP contribution in [0, 0.1) is 10.1 Å². The van der Waals surface area contributed by atoms with Crippen molar-refractivity contribution in [1.29, 1.82) is 0 Å². The molecule has 0 amide bonds. The molecule has 0 aliphatic carbocycles. The maximum atomic E-state index is 9.84. The lowest BCUT2D eigenvalue weighted by molar-refractivity contribution is -0.487. The number of hydrogen-bond acceptors (Lipinski definition) is 4. The third kappa shape index (κ3) is 3.60. The van der Waals surface area contributed by atoms with E-state index in [9.17, 15) is 14.9 Å². The van der Waals surface area contributed by atoms with E-state index in [-0.39, 0.29) is 0 Å². The number of carbonyl (C=O) groups excluding carboxylic acids is 1. The summed E-state index contributed by atoms with van der Waals surface area (Å²) in [6, 6.07) is 0. The number of nitrogens with zero attached hydrogens (tertiary/aromatic N) is 1. The van der Waals surface area contributed by atoms with Crippen LogP contribution in [0.1, 0.15) is 0 Å². The Morgan fingerprint density at radius 3 is 2.56 bits per heavy atom. The highest BCUT2D eigenvalue weighted by Gasteiger charge is 2.11. The first-order valence-corrected chi connectivity index (χ1v) is 2.30. The zero-order valence-electron chi connectivity index (χ0n) is 4.94. The molecule has 9 heavy (non-hydrogen) atoms. The van der Waals surface area contributed by atoms with Crippen molar-refractivity contribution in [2.75, 3.05) is 13.7 Å². The largest absolute Gasteiger partial charge is 0.367 e. The van der Waals surface area contributed by atoms with Gasteiger partial charge in [-0.1, -0.05) is 0 Å². The van der Waals surface area contributed by atoms with Crippen LogP contribution in [-0.4, -0.2) is 31.0 Å². The van der Waals surface area contributed by atoms with Crippen molar-refractivity contribution in [2.45, 2.75) is 6.10 Å². The van der Waals surface area contributed by atoms with Crippen LogP contribution in [0.2, 0.25) is 0 Å². The number of nitro groups is 1. The number of carbonyl (C=O) groups is 1. The van der Waals surface area contributed by atoms with Gasteiger partial charge in [0.1, 0.15) is 0 Å². The molecular weight excluding hydrogens is 126 g/mol. The van der Waals surface area contributed by atoms with Gasteiger partial charge in [-0.2, -0.15) is 0 Å². The van der Waals surface area contributed by atoms with E-state index < -0.39 is 17.6 Å². The third-order valence-electron chi connectivity index (χ3n) is 0.784. The van der Waals surface area contributed by atoms with Crippen molar-refractivity contribution in [1.82, 2.24) is 0 Å². The topological polar surface area (TPSA) is 69.4 Å². The van der Waals surface area contributed by atoms with Gasteiger partial charge in [-0.15, -0.1) is 0 Å². The van der Waals surface area contributed by atoms with Crippen LogP contribution in [0.5, 0.6) is 0 Å². The van der Waals surface area contributed by atoms with E-state index in [4.69, 9.17) is 0 Å². The Morgan fingerprint density at radius 1 is 1.89 bits per heavy atom. The molecule has 1 unspecified atom stereocenters. The fraction of sp³-hybridized carbons (Fsp3) is 0.750. The summed E-state index contributed by atoms with van der Waals surface area (Å²) in [4.78, 5) is 18.9. The van der Waals surface area contributed by atoms with Gasteiger partial charge in [0.15, 0.2) is 12.4 Å². The van der Waals surface area contributed by atoms with E-state index in [2.05, 4.69) is 4.74 Å². The van der Waals surface area contributed by atoms with Gasteiger partial charge >= 0.3 is 0 Å². The van der Waals surface area contributed by atoms with Gasteiger partial charge < -0.3 is 9.53 Å². The molecule has 0 aromatic carbocycles. The predicted molar refractivity (Wildman–Crippen MR) is 28.7 cm³/mol. The molecule has 5 heteroatoms. The van der Waals surface area contributed by atoms with Crippen LogP contribution < -0.4 is 0 Å². The molecule has 5 nitrogen and oxygen atoms in total. The van der Waals surface area contributed by atoms with E-state index in [0.717, 1.165) is 0 Å². The number of hydrogen-bond donors (Lipinski definition) is 0. The number of aldehydes is 1. The molecule has 0 fully saturated rings. The van der Waals surface area contributed by atoms with E-state index in [1.807, 2.05) is 0 Å².